The van der Waals surface area contributed by atoms with E-state index in [4.69, 9.17) is 15.2 Å². The summed E-state index contributed by atoms with van der Waals surface area (Å²) < 4.78 is 10.7. The van der Waals surface area contributed by atoms with Gasteiger partial charge in [0.25, 0.3) is 0 Å². The first-order chi connectivity index (χ1) is 9.63. The van der Waals surface area contributed by atoms with Crippen LogP contribution in [0.2, 0.25) is 0 Å². The fourth-order valence-corrected chi connectivity index (χ4v) is 2.36. The molecular weight excluding hydrogens is 254 g/mol. The SMILES string of the molecule is CC(C)C[C@@H](N)c1ncc(-c2ccc3c(c2)OCO3)[nH]1. The minimum atomic E-state index is -0.0576. The average Bonchev–Trinajstić information content (AvgIpc) is 3.06. The van der Waals surface area contributed by atoms with Gasteiger partial charge in [-0.25, -0.2) is 4.98 Å². The summed E-state index contributed by atoms with van der Waals surface area (Å²) in [6.45, 7) is 4.59. The van der Waals surface area contributed by atoms with Crippen LogP contribution in [-0.2, 0) is 0 Å². The van der Waals surface area contributed by atoms with Gasteiger partial charge in [0.2, 0.25) is 6.79 Å². The first-order valence-electron chi connectivity index (χ1n) is 6.84. The van der Waals surface area contributed by atoms with Crippen molar-refractivity contribution in [2.24, 2.45) is 11.7 Å². The van der Waals surface area contributed by atoms with E-state index < -0.39 is 0 Å². The molecule has 1 aromatic heterocycles. The van der Waals surface area contributed by atoms with Crippen LogP contribution < -0.4 is 15.2 Å². The Hall–Kier alpha value is -2.01. The number of nitrogens with zero attached hydrogens (tertiary/aromatic N) is 1. The van der Waals surface area contributed by atoms with Crippen molar-refractivity contribution in [3.63, 3.8) is 0 Å². The number of fused-ring (bicyclic) bond motifs is 1. The molecule has 1 aliphatic rings. The summed E-state index contributed by atoms with van der Waals surface area (Å²) in [5, 5.41) is 0. The lowest BCUT2D eigenvalue weighted by Crippen LogP contribution is -2.14. The van der Waals surface area contributed by atoms with Crippen LogP contribution in [0.3, 0.4) is 0 Å². The van der Waals surface area contributed by atoms with Crippen molar-refractivity contribution in [3.05, 3.63) is 30.2 Å². The Kier molecular flexibility index (Phi) is 3.36. The molecular formula is C15H19N3O2. The molecule has 2 heterocycles. The molecule has 0 unspecified atom stereocenters. The predicted molar refractivity (Wildman–Crippen MR) is 76.5 cm³/mol. The normalized spacial score (nSPS) is 14.8. The van der Waals surface area contributed by atoms with E-state index in [1.54, 1.807) is 0 Å². The molecule has 0 amide bonds. The maximum Gasteiger partial charge on any atom is 0.231 e. The largest absolute Gasteiger partial charge is 0.454 e. The monoisotopic (exact) mass is 273 g/mol. The number of aromatic nitrogens is 2. The molecule has 3 rings (SSSR count). The molecule has 0 radical (unpaired) electrons. The molecule has 1 atom stereocenters. The first kappa shape index (κ1) is 13.0. The summed E-state index contributed by atoms with van der Waals surface area (Å²) >= 11 is 0. The number of H-pyrrole nitrogens is 1. The van der Waals surface area contributed by atoms with Crippen molar-refractivity contribution in [2.75, 3.05) is 6.79 Å². The molecule has 0 saturated carbocycles. The lowest BCUT2D eigenvalue weighted by atomic mass is 10.0. The number of rotatable bonds is 4. The van der Waals surface area contributed by atoms with Crippen molar-refractivity contribution >= 4 is 0 Å². The number of hydrogen-bond acceptors (Lipinski definition) is 4. The number of nitrogens with one attached hydrogen (secondary N) is 1. The van der Waals surface area contributed by atoms with Crippen LogP contribution in [0.1, 0.15) is 32.1 Å². The topological polar surface area (TPSA) is 73.2 Å². The fraction of sp³-hybridized carbons (Fsp3) is 0.400. The Bertz CT molecular complexity index is 607. The van der Waals surface area contributed by atoms with Gasteiger partial charge in [-0.2, -0.15) is 0 Å². The van der Waals surface area contributed by atoms with E-state index in [0.717, 1.165) is 35.0 Å². The van der Waals surface area contributed by atoms with Crippen molar-refractivity contribution in [2.45, 2.75) is 26.3 Å². The lowest BCUT2D eigenvalue weighted by molar-refractivity contribution is 0.174. The van der Waals surface area contributed by atoms with Crippen LogP contribution >= 0.6 is 0 Å². The number of nitrogens with two attached hydrogens (primary N) is 1. The molecule has 3 N–H and O–H groups in total. The zero-order chi connectivity index (χ0) is 14.1. The van der Waals surface area contributed by atoms with Gasteiger partial charge in [-0.15, -0.1) is 0 Å². The van der Waals surface area contributed by atoms with Crippen molar-refractivity contribution < 1.29 is 9.47 Å². The van der Waals surface area contributed by atoms with Crippen LogP contribution in [0.25, 0.3) is 11.3 Å². The Morgan fingerprint density at radius 2 is 2.10 bits per heavy atom. The quantitative estimate of drug-likeness (QED) is 0.898. The third-order valence-corrected chi connectivity index (χ3v) is 3.36. The van der Waals surface area contributed by atoms with E-state index in [1.807, 2.05) is 24.4 Å². The maximum absolute atomic E-state index is 6.14. The number of benzene rings is 1. The Morgan fingerprint density at radius 1 is 1.30 bits per heavy atom. The number of hydrogen-bond donors (Lipinski definition) is 2. The molecule has 5 nitrogen and oxygen atoms in total. The summed E-state index contributed by atoms with van der Waals surface area (Å²) in [5.41, 5.74) is 8.10. The van der Waals surface area contributed by atoms with Gasteiger partial charge in [0.15, 0.2) is 11.5 Å². The highest BCUT2D eigenvalue weighted by Crippen LogP contribution is 2.35. The molecule has 0 spiro atoms. The minimum absolute atomic E-state index is 0.0576. The Labute approximate surface area is 118 Å². The molecule has 2 aromatic rings. The average molecular weight is 273 g/mol. The summed E-state index contributed by atoms with van der Waals surface area (Å²) in [5.74, 6) is 2.92. The van der Waals surface area contributed by atoms with Gasteiger partial charge in [-0.05, 0) is 30.5 Å². The zero-order valence-electron chi connectivity index (χ0n) is 11.7. The second-order valence-corrected chi connectivity index (χ2v) is 5.49. The van der Waals surface area contributed by atoms with E-state index in [2.05, 4.69) is 23.8 Å². The van der Waals surface area contributed by atoms with E-state index >= 15 is 0 Å². The number of ether oxygens (including phenoxy) is 2. The van der Waals surface area contributed by atoms with Crippen LogP contribution in [0.4, 0.5) is 0 Å². The molecule has 1 aliphatic heterocycles. The highest BCUT2D eigenvalue weighted by atomic mass is 16.7. The summed E-state index contributed by atoms with van der Waals surface area (Å²) in [6, 6.07) is 5.79. The molecule has 106 valence electrons. The van der Waals surface area contributed by atoms with Crippen LogP contribution in [-0.4, -0.2) is 16.8 Å². The molecule has 0 saturated heterocycles. The smallest absolute Gasteiger partial charge is 0.231 e. The second kappa shape index (κ2) is 5.17. The van der Waals surface area contributed by atoms with Crippen molar-refractivity contribution in [1.82, 2.24) is 9.97 Å². The predicted octanol–water partition coefficient (Wildman–Crippen LogP) is 2.85. The molecule has 1 aromatic carbocycles. The van der Waals surface area contributed by atoms with Crippen LogP contribution in [0.15, 0.2) is 24.4 Å². The molecule has 20 heavy (non-hydrogen) atoms. The maximum atomic E-state index is 6.14. The van der Waals surface area contributed by atoms with Crippen LogP contribution in [0, 0.1) is 5.92 Å². The molecule has 0 bridgehead atoms. The van der Waals surface area contributed by atoms with E-state index in [-0.39, 0.29) is 12.8 Å². The highest BCUT2D eigenvalue weighted by Gasteiger charge is 2.16. The Balaban J connectivity index is 1.83. The van der Waals surface area contributed by atoms with E-state index in [1.165, 1.54) is 0 Å². The molecule has 0 aliphatic carbocycles. The Morgan fingerprint density at radius 3 is 2.90 bits per heavy atom. The van der Waals surface area contributed by atoms with Gasteiger partial charge in [0.05, 0.1) is 17.9 Å². The number of imidazole rings is 1. The van der Waals surface area contributed by atoms with Crippen molar-refractivity contribution in [3.8, 4) is 22.8 Å². The standard InChI is InChI=1S/C15H19N3O2/c1-9(2)5-11(16)15-17-7-12(18-15)10-3-4-13-14(6-10)20-8-19-13/h3-4,6-7,9,11H,5,8,16H2,1-2H3,(H,17,18)/t11-/m1/s1. The fourth-order valence-electron chi connectivity index (χ4n) is 2.36. The van der Waals surface area contributed by atoms with E-state index in [9.17, 15) is 0 Å². The third-order valence-electron chi connectivity index (χ3n) is 3.36. The third kappa shape index (κ3) is 2.49. The van der Waals surface area contributed by atoms with Crippen molar-refractivity contribution in [1.29, 1.82) is 0 Å². The van der Waals surface area contributed by atoms with Gasteiger partial charge in [0, 0.05) is 5.56 Å². The van der Waals surface area contributed by atoms with Gasteiger partial charge in [-0.3, -0.25) is 0 Å². The summed E-state index contributed by atoms with van der Waals surface area (Å²) in [4.78, 5) is 7.68. The number of aromatic amines is 1. The van der Waals surface area contributed by atoms with Gasteiger partial charge >= 0.3 is 0 Å². The highest BCUT2D eigenvalue weighted by molar-refractivity contribution is 5.64. The van der Waals surface area contributed by atoms with Gasteiger partial charge < -0.3 is 20.2 Å². The lowest BCUT2D eigenvalue weighted by Gasteiger charge is -2.11. The minimum Gasteiger partial charge on any atom is -0.454 e. The van der Waals surface area contributed by atoms with Gasteiger partial charge in [0.1, 0.15) is 5.82 Å². The van der Waals surface area contributed by atoms with Gasteiger partial charge in [-0.1, -0.05) is 13.8 Å². The first-order valence-corrected chi connectivity index (χ1v) is 6.84. The summed E-state index contributed by atoms with van der Waals surface area (Å²) in [7, 11) is 0. The molecule has 0 fully saturated rings. The zero-order valence-corrected chi connectivity index (χ0v) is 11.7. The van der Waals surface area contributed by atoms with E-state index in [0.29, 0.717) is 5.92 Å². The summed E-state index contributed by atoms with van der Waals surface area (Å²) in [6.07, 6.45) is 2.72. The second-order valence-electron chi connectivity index (χ2n) is 5.49. The van der Waals surface area contributed by atoms with Crippen LogP contribution in [0.5, 0.6) is 11.5 Å². The molecule has 5 heteroatoms.